The molecule has 0 bridgehead atoms. The van der Waals surface area contributed by atoms with E-state index in [2.05, 4.69) is 170 Å². The van der Waals surface area contributed by atoms with E-state index in [0.29, 0.717) is 0 Å². The third-order valence-electron chi connectivity index (χ3n) is 10.1. The van der Waals surface area contributed by atoms with Gasteiger partial charge in [-0.05, 0) is 95.0 Å². The van der Waals surface area contributed by atoms with E-state index in [1.165, 1.54) is 71.3 Å². The van der Waals surface area contributed by atoms with Crippen LogP contribution in [0.25, 0.3) is 98.8 Å². The van der Waals surface area contributed by atoms with E-state index >= 15 is 0 Å². The first-order valence-corrected chi connectivity index (χ1v) is 16.9. The highest BCUT2D eigenvalue weighted by Crippen LogP contribution is 2.48. The lowest BCUT2D eigenvalue weighted by Crippen LogP contribution is -1.93. The van der Waals surface area contributed by atoms with Crippen LogP contribution >= 0.6 is 0 Å². The van der Waals surface area contributed by atoms with Gasteiger partial charge in [0, 0.05) is 10.8 Å². The third kappa shape index (κ3) is 4.33. The maximum atomic E-state index is 6.38. The normalized spacial score (nSPS) is 11.7. The molecule has 0 saturated carbocycles. The molecular weight excluding hydrogens is 593 g/mol. The van der Waals surface area contributed by atoms with Crippen LogP contribution in [-0.2, 0) is 0 Å². The Kier molecular flexibility index (Phi) is 6.25. The van der Waals surface area contributed by atoms with Gasteiger partial charge in [-0.25, -0.2) is 0 Å². The lowest BCUT2D eigenvalue weighted by atomic mass is 9.83. The van der Waals surface area contributed by atoms with Crippen LogP contribution in [0.15, 0.2) is 186 Å². The average molecular weight is 623 g/mol. The van der Waals surface area contributed by atoms with Crippen molar-refractivity contribution in [3.8, 4) is 44.5 Å². The largest absolute Gasteiger partial charge is 0.456 e. The number of rotatable bonds is 4. The molecule has 0 aliphatic carbocycles. The maximum absolute atomic E-state index is 6.38. The Bertz CT molecular complexity index is 2810. The predicted octanol–water partition coefficient (Wildman–Crippen LogP) is 13.7. The molecule has 9 aromatic carbocycles. The van der Waals surface area contributed by atoms with Crippen LogP contribution in [0.1, 0.15) is 0 Å². The first-order valence-electron chi connectivity index (χ1n) is 16.9. The van der Waals surface area contributed by atoms with Crippen LogP contribution in [0, 0.1) is 0 Å². The van der Waals surface area contributed by atoms with E-state index in [4.69, 9.17) is 4.42 Å². The van der Waals surface area contributed by atoms with Crippen LogP contribution in [0.2, 0.25) is 0 Å². The Labute approximate surface area is 284 Å². The standard InChI is InChI=1S/C48H30O/c1-2-14-31(15-3-1)34-18-4-5-19-35(34)38-25-12-16-32-17-13-26-43(46(32)38)48-41-23-8-6-21-39(41)47(40-22-7-9-24-42(40)48)33-28-29-37-36-20-10-11-27-44(36)49-45(37)30-33/h1-30H. The van der Waals surface area contributed by atoms with Gasteiger partial charge in [-0.15, -0.1) is 0 Å². The molecule has 10 rings (SSSR count). The van der Waals surface area contributed by atoms with Gasteiger partial charge in [-0.2, -0.15) is 0 Å². The molecular formula is C48H30O. The van der Waals surface area contributed by atoms with Gasteiger partial charge in [0.25, 0.3) is 0 Å². The summed E-state index contributed by atoms with van der Waals surface area (Å²) in [6.07, 6.45) is 0. The van der Waals surface area contributed by atoms with Crippen molar-refractivity contribution in [2.75, 3.05) is 0 Å². The lowest BCUT2D eigenvalue weighted by Gasteiger charge is -2.20. The second kappa shape index (κ2) is 11.1. The molecule has 228 valence electrons. The quantitative estimate of drug-likeness (QED) is 0.178. The minimum atomic E-state index is 0.909. The van der Waals surface area contributed by atoms with E-state index < -0.39 is 0 Å². The van der Waals surface area contributed by atoms with Gasteiger partial charge in [-0.1, -0.05) is 164 Å². The molecule has 0 fully saturated rings. The SMILES string of the molecule is c1ccc(-c2ccccc2-c2cccc3cccc(-c4c5ccccc5c(-c5ccc6c(c5)oc5ccccc56)c5ccccc45)c23)cc1. The zero-order valence-electron chi connectivity index (χ0n) is 26.7. The summed E-state index contributed by atoms with van der Waals surface area (Å²) in [5.74, 6) is 0. The molecule has 10 aromatic rings. The van der Waals surface area contributed by atoms with Gasteiger partial charge < -0.3 is 4.42 Å². The molecule has 1 heteroatoms. The van der Waals surface area contributed by atoms with Crippen LogP contribution in [0.5, 0.6) is 0 Å². The van der Waals surface area contributed by atoms with Crippen molar-refractivity contribution < 1.29 is 4.42 Å². The molecule has 0 aliphatic rings. The number of hydrogen-bond acceptors (Lipinski definition) is 1. The van der Waals surface area contributed by atoms with Crippen LogP contribution in [0.3, 0.4) is 0 Å². The molecule has 0 amide bonds. The Morgan fingerprint density at radius 2 is 0.816 bits per heavy atom. The highest BCUT2D eigenvalue weighted by Gasteiger charge is 2.20. The predicted molar refractivity (Wildman–Crippen MR) is 208 cm³/mol. The summed E-state index contributed by atoms with van der Waals surface area (Å²) in [5.41, 5.74) is 11.6. The van der Waals surface area contributed by atoms with Crippen molar-refractivity contribution in [2.24, 2.45) is 0 Å². The smallest absolute Gasteiger partial charge is 0.136 e. The van der Waals surface area contributed by atoms with Crippen molar-refractivity contribution in [1.82, 2.24) is 0 Å². The molecule has 0 radical (unpaired) electrons. The number of para-hydroxylation sites is 1. The molecule has 0 spiro atoms. The summed E-state index contributed by atoms with van der Waals surface area (Å²) < 4.78 is 6.38. The third-order valence-corrected chi connectivity index (χ3v) is 10.1. The number of furan rings is 1. The van der Waals surface area contributed by atoms with E-state index in [1.807, 2.05) is 12.1 Å². The topological polar surface area (TPSA) is 13.1 Å². The fraction of sp³-hybridized carbons (Fsp3) is 0. The Balaban J connectivity index is 1.29. The molecule has 0 N–H and O–H groups in total. The van der Waals surface area contributed by atoms with Crippen molar-refractivity contribution in [3.63, 3.8) is 0 Å². The number of hydrogen-bond donors (Lipinski definition) is 0. The van der Waals surface area contributed by atoms with E-state index in [0.717, 1.165) is 27.5 Å². The zero-order valence-corrected chi connectivity index (χ0v) is 26.7. The van der Waals surface area contributed by atoms with Crippen molar-refractivity contribution >= 4 is 54.3 Å². The van der Waals surface area contributed by atoms with E-state index in [9.17, 15) is 0 Å². The molecule has 0 atom stereocenters. The van der Waals surface area contributed by atoms with Crippen LogP contribution in [0.4, 0.5) is 0 Å². The van der Waals surface area contributed by atoms with Gasteiger partial charge in [0.2, 0.25) is 0 Å². The van der Waals surface area contributed by atoms with Crippen molar-refractivity contribution in [2.45, 2.75) is 0 Å². The zero-order chi connectivity index (χ0) is 32.3. The van der Waals surface area contributed by atoms with E-state index in [1.54, 1.807) is 0 Å². The highest BCUT2D eigenvalue weighted by atomic mass is 16.3. The second-order valence-corrected chi connectivity index (χ2v) is 12.8. The summed E-state index contributed by atoms with van der Waals surface area (Å²) in [5, 5.41) is 9.71. The Morgan fingerprint density at radius 3 is 1.53 bits per heavy atom. The monoisotopic (exact) mass is 622 g/mol. The van der Waals surface area contributed by atoms with Crippen LogP contribution in [-0.4, -0.2) is 0 Å². The summed E-state index contributed by atoms with van der Waals surface area (Å²) in [7, 11) is 0. The fourth-order valence-electron chi connectivity index (χ4n) is 7.97. The minimum absolute atomic E-state index is 0.909. The summed E-state index contributed by atoms with van der Waals surface area (Å²) in [6, 6.07) is 65.8. The summed E-state index contributed by atoms with van der Waals surface area (Å²) >= 11 is 0. The van der Waals surface area contributed by atoms with Gasteiger partial charge in [0.15, 0.2) is 0 Å². The number of fused-ring (bicyclic) bond motifs is 6. The summed E-state index contributed by atoms with van der Waals surface area (Å²) in [6.45, 7) is 0. The van der Waals surface area contributed by atoms with E-state index in [-0.39, 0.29) is 0 Å². The average Bonchev–Trinajstić information content (AvgIpc) is 3.55. The minimum Gasteiger partial charge on any atom is -0.456 e. The number of benzene rings is 9. The van der Waals surface area contributed by atoms with Crippen LogP contribution < -0.4 is 0 Å². The highest BCUT2D eigenvalue weighted by molar-refractivity contribution is 6.25. The van der Waals surface area contributed by atoms with Crippen molar-refractivity contribution in [1.29, 1.82) is 0 Å². The Hall–Kier alpha value is -6.44. The molecule has 0 aliphatic heterocycles. The maximum Gasteiger partial charge on any atom is 0.136 e. The second-order valence-electron chi connectivity index (χ2n) is 12.8. The van der Waals surface area contributed by atoms with Gasteiger partial charge in [0.05, 0.1) is 0 Å². The molecule has 1 heterocycles. The Morgan fingerprint density at radius 1 is 0.286 bits per heavy atom. The molecule has 0 unspecified atom stereocenters. The lowest BCUT2D eigenvalue weighted by molar-refractivity contribution is 0.669. The first kappa shape index (κ1) is 27.7. The van der Waals surface area contributed by atoms with Gasteiger partial charge >= 0.3 is 0 Å². The van der Waals surface area contributed by atoms with Gasteiger partial charge in [0.1, 0.15) is 11.2 Å². The van der Waals surface area contributed by atoms with Gasteiger partial charge in [-0.3, -0.25) is 0 Å². The molecule has 49 heavy (non-hydrogen) atoms. The first-order chi connectivity index (χ1) is 24.3. The van der Waals surface area contributed by atoms with Crippen molar-refractivity contribution in [3.05, 3.63) is 182 Å². The molecule has 1 aromatic heterocycles. The fourth-order valence-corrected chi connectivity index (χ4v) is 7.97. The summed E-state index contributed by atoms with van der Waals surface area (Å²) in [4.78, 5) is 0. The molecule has 0 saturated heterocycles. The molecule has 1 nitrogen and oxygen atoms in total.